The molecule has 6 atom stereocenters. The van der Waals surface area contributed by atoms with Gasteiger partial charge in [-0.1, -0.05) is 5.04 Å². The van der Waals surface area contributed by atoms with Crippen molar-refractivity contribution >= 4 is 39.0 Å². The van der Waals surface area contributed by atoms with Crippen molar-refractivity contribution in [1.82, 2.24) is 0 Å². The van der Waals surface area contributed by atoms with Gasteiger partial charge in [-0.3, -0.25) is 23.4 Å². The smallest absolute Gasteiger partial charge is 0.303 e. The molecule has 186 valence electrons. The SMILES string of the molecule is O=P(O)(O)O[C@@H]1[C@@H](OS(=O)(=O)O)[C@H](OO)[C@@H](OOO)[C@@H](OS(=O)(=O)O)[C@H]1OS(=O)(=O)O. The summed E-state index contributed by atoms with van der Waals surface area (Å²) in [7, 11) is -22.9. The van der Waals surface area contributed by atoms with E-state index < -0.39 is 75.6 Å². The molecule has 0 spiro atoms. The second-order valence-electron chi connectivity index (χ2n) is 5.23. The highest BCUT2D eigenvalue weighted by Crippen LogP contribution is 2.44. The lowest BCUT2D eigenvalue weighted by Gasteiger charge is -2.45. The van der Waals surface area contributed by atoms with Gasteiger partial charge >= 0.3 is 39.0 Å². The van der Waals surface area contributed by atoms with E-state index in [2.05, 4.69) is 31.9 Å². The van der Waals surface area contributed by atoms with Gasteiger partial charge in [-0.15, -0.1) is 0 Å². The zero-order valence-electron chi connectivity index (χ0n) is 14.0. The van der Waals surface area contributed by atoms with Gasteiger partial charge in [0.25, 0.3) is 0 Å². The first kappa shape index (κ1) is 28.6. The van der Waals surface area contributed by atoms with E-state index in [1.165, 1.54) is 0 Å². The summed E-state index contributed by atoms with van der Waals surface area (Å²) in [5, 5.41) is 20.6. The summed E-state index contributed by atoms with van der Waals surface area (Å²) < 4.78 is 120. The zero-order valence-corrected chi connectivity index (χ0v) is 17.3. The number of hydrogen-bond donors (Lipinski definition) is 7. The molecule has 21 nitrogen and oxygen atoms in total. The molecule has 1 aliphatic carbocycles. The van der Waals surface area contributed by atoms with Crippen molar-refractivity contribution in [3.8, 4) is 0 Å². The summed E-state index contributed by atoms with van der Waals surface area (Å²) in [6.45, 7) is 0. The van der Waals surface area contributed by atoms with Crippen molar-refractivity contribution < 1.29 is 95.7 Å². The Morgan fingerprint density at radius 1 is 0.613 bits per heavy atom. The van der Waals surface area contributed by atoms with E-state index in [1.807, 2.05) is 0 Å². The van der Waals surface area contributed by atoms with Gasteiger partial charge in [-0.05, 0) is 0 Å². The monoisotopic (exact) mass is 548 g/mol. The van der Waals surface area contributed by atoms with Gasteiger partial charge in [0.1, 0.15) is 24.4 Å². The molecule has 0 heterocycles. The fourth-order valence-electron chi connectivity index (χ4n) is 2.43. The molecule has 0 saturated heterocycles. The van der Waals surface area contributed by atoms with Crippen LogP contribution in [0, 0.1) is 0 Å². The van der Waals surface area contributed by atoms with Gasteiger partial charge in [0.15, 0.2) is 12.2 Å². The molecule has 0 aromatic rings. The van der Waals surface area contributed by atoms with Crippen molar-refractivity contribution in [3.05, 3.63) is 0 Å². The van der Waals surface area contributed by atoms with Gasteiger partial charge in [0.2, 0.25) is 0 Å². The number of phosphoric acid groups is 1. The quantitative estimate of drug-likeness (QED) is 0.0574. The Balaban J connectivity index is 3.79. The van der Waals surface area contributed by atoms with Crippen LogP contribution in [0.4, 0.5) is 0 Å². The van der Waals surface area contributed by atoms with E-state index in [4.69, 9.17) is 34.0 Å². The molecule has 31 heavy (non-hydrogen) atoms. The average molecular weight is 548 g/mol. The first-order chi connectivity index (χ1) is 13.8. The van der Waals surface area contributed by atoms with E-state index in [1.54, 1.807) is 0 Å². The second-order valence-corrected chi connectivity index (χ2v) is 9.57. The van der Waals surface area contributed by atoms with Crippen molar-refractivity contribution in [2.24, 2.45) is 0 Å². The summed E-state index contributed by atoms with van der Waals surface area (Å²) in [6.07, 6.45) is -16.8. The van der Waals surface area contributed by atoms with Crippen molar-refractivity contribution in [2.45, 2.75) is 36.6 Å². The van der Waals surface area contributed by atoms with Crippen molar-refractivity contribution in [1.29, 1.82) is 0 Å². The van der Waals surface area contributed by atoms with Crippen LogP contribution in [0.5, 0.6) is 0 Å². The lowest BCUT2D eigenvalue weighted by Crippen LogP contribution is -2.68. The van der Waals surface area contributed by atoms with Gasteiger partial charge < -0.3 is 9.79 Å². The van der Waals surface area contributed by atoms with Gasteiger partial charge in [-0.2, -0.15) is 30.1 Å². The van der Waals surface area contributed by atoms with E-state index in [-0.39, 0.29) is 0 Å². The third-order valence-corrected chi connectivity index (χ3v) is 5.09. The minimum Gasteiger partial charge on any atom is -0.303 e. The van der Waals surface area contributed by atoms with Gasteiger partial charge in [0, 0.05) is 0 Å². The third kappa shape index (κ3) is 9.50. The van der Waals surface area contributed by atoms with Crippen LogP contribution in [-0.4, -0.2) is 95.8 Å². The first-order valence-corrected chi connectivity index (χ1v) is 12.4. The summed E-state index contributed by atoms with van der Waals surface area (Å²) in [6, 6.07) is 0. The number of rotatable bonds is 11. The first-order valence-electron chi connectivity index (χ1n) is 6.76. The molecule has 1 aliphatic rings. The molecule has 0 bridgehead atoms. The van der Waals surface area contributed by atoms with Crippen molar-refractivity contribution in [2.75, 3.05) is 0 Å². The predicted molar refractivity (Wildman–Crippen MR) is 82.3 cm³/mol. The molecular formula is C6H13O21PS3. The molecule has 0 unspecified atom stereocenters. The molecule has 0 aromatic heterocycles. The Labute approximate surface area is 171 Å². The van der Waals surface area contributed by atoms with E-state index in [0.29, 0.717) is 0 Å². The molecule has 1 rings (SSSR count). The van der Waals surface area contributed by atoms with Gasteiger partial charge in [-0.25, -0.2) is 27.3 Å². The summed E-state index contributed by atoms with van der Waals surface area (Å²) in [5.41, 5.74) is 0. The van der Waals surface area contributed by atoms with E-state index in [0.717, 1.165) is 0 Å². The van der Waals surface area contributed by atoms with Crippen LogP contribution in [0.15, 0.2) is 0 Å². The highest BCUT2D eigenvalue weighted by molar-refractivity contribution is 7.81. The largest absolute Gasteiger partial charge is 0.470 e. The molecule has 25 heteroatoms. The Hall–Kier alpha value is -0.480. The minimum absolute atomic E-state index is 2.63. The minimum atomic E-state index is -5.83. The Bertz CT molecular complexity index is 963. The fourth-order valence-corrected chi connectivity index (χ4v) is 4.49. The van der Waals surface area contributed by atoms with E-state index >= 15 is 0 Å². The highest BCUT2D eigenvalue weighted by atomic mass is 32.3. The molecular weight excluding hydrogens is 535 g/mol. The Morgan fingerprint density at radius 3 is 1.26 bits per heavy atom. The van der Waals surface area contributed by atoms with Crippen LogP contribution in [0.3, 0.4) is 0 Å². The lowest BCUT2D eigenvalue weighted by molar-refractivity contribution is -0.528. The standard InChI is InChI=1S/C6H13O21PS3/c7-21-1-2(22-27-8)5(25-30(15,16)17)6(26-31(18,19)20)3(23-28(9,10)11)4(1)24-29(12,13)14/h1-8H,(H2,9,10,11)(H,12,13,14)(H,15,16,17)(H,18,19,20)/t1-,2-,3-,4+,5-,6+/m1/s1. The molecule has 1 saturated carbocycles. The fraction of sp³-hybridized carbons (Fsp3) is 1.00. The lowest BCUT2D eigenvalue weighted by atomic mass is 9.85. The van der Waals surface area contributed by atoms with Crippen LogP contribution in [-0.2, 0) is 67.6 Å². The van der Waals surface area contributed by atoms with Crippen LogP contribution in [0.2, 0.25) is 0 Å². The third-order valence-electron chi connectivity index (χ3n) is 3.18. The number of phosphoric ester groups is 1. The van der Waals surface area contributed by atoms with Crippen LogP contribution in [0.1, 0.15) is 0 Å². The topological polar surface area (TPSA) is 326 Å². The molecule has 7 N–H and O–H groups in total. The Morgan fingerprint density at radius 2 is 0.968 bits per heavy atom. The van der Waals surface area contributed by atoms with Crippen LogP contribution >= 0.6 is 7.82 Å². The van der Waals surface area contributed by atoms with Crippen LogP contribution in [0.25, 0.3) is 0 Å². The highest BCUT2D eigenvalue weighted by Gasteiger charge is 2.61. The molecule has 0 amide bonds. The molecule has 0 aromatic carbocycles. The zero-order chi connectivity index (χ0) is 24.4. The van der Waals surface area contributed by atoms with Crippen molar-refractivity contribution in [3.63, 3.8) is 0 Å². The molecule has 0 radical (unpaired) electrons. The van der Waals surface area contributed by atoms with Gasteiger partial charge in [0.05, 0.1) is 0 Å². The molecule has 1 fully saturated rings. The number of hydrogen-bond acceptors (Lipinski definition) is 16. The summed E-state index contributed by atoms with van der Waals surface area (Å²) in [4.78, 5) is 25.7. The predicted octanol–water partition coefficient (Wildman–Crippen LogP) is -3.31. The Kier molecular flexibility index (Phi) is 9.39. The summed E-state index contributed by atoms with van der Waals surface area (Å²) in [5.74, 6) is 0. The van der Waals surface area contributed by atoms with Crippen LogP contribution < -0.4 is 0 Å². The molecule has 0 aliphatic heterocycles. The normalized spacial score (nSPS) is 30.9. The maximum absolute atomic E-state index is 11.2. The average Bonchev–Trinajstić information content (AvgIpc) is 2.50. The summed E-state index contributed by atoms with van der Waals surface area (Å²) >= 11 is 0. The maximum Gasteiger partial charge on any atom is 0.470 e. The van der Waals surface area contributed by atoms with E-state index in [9.17, 15) is 29.8 Å². The maximum atomic E-state index is 11.2. The second kappa shape index (κ2) is 10.2.